The second-order valence-corrected chi connectivity index (χ2v) is 3.08. The molecule has 0 spiro atoms. The Bertz CT molecular complexity index is 418. The Labute approximate surface area is 76.2 Å². The number of rotatable bonds is 2. The van der Waals surface area contributed by atoms with Gasteiger partial charge in [0, 0.05) is 23.1 Å². The van der Waals surface area contributed by atoms with E-state index in [-0.39, 0.29) is 6.61 Å². The average molecular weight is 176 g/mol. The zero-order valence-corrected chi connectivity index (χ0v) is 7.25. The Hall–Kier alpha value is -1.32. The summed E-state index contributed by atoms with van der Waals surface area (Å²) in [4.78, 5) is 3.11. The summed E-state index contributed by atoms with van der Waals surface area (Å²) >= 11 is 0. The number of hydrogen-bond acceptors (Lipinski definition) is 2. The van der Waals surface area contributed by atoms with Gasteiger partial charge in [-0.1, -0.05) is 6.07 Å². The third-order valence-corrected chi connectivity index (χ3v) is 2.15. The van der Waals surface area contributed by atoms with E-state index in [9.17, 15) is 0 Å². The van der Waals surface area contributed by atoms with Crippen molar-refractivity contribution in [2.45, 2.75) is 13.2 Å². The van der Waals surface area contributed by atoms with E-state index in [4.69, 9.17) is 10.8 Å². The van der Waals surface area contributed by atoms with Gasteiger partial charge in [-0.25, -0.2) is 0 Å². The van der Waals surface area contributed by atoms with Crippen molar-refractivity contribution in [2.24, 2.45) is 5.73 Å². The molecule has 0 fully saturated rings. The van der Waals surface area contributed by atoms with Crippen LogP contribution in [0, 0.1) is 0 Å². The second-order valence-electron chi connectivity index (χ2n) is 3.08. The third-order valence-electron chi connectivity index (χ3n) is 2.15. The van der Waals surface area contributed by atoms with E-state index in [0.29, 0.717) is 6.54 Å². The first-order chi connectivity index (χ1) is 6.33. The topological polar surface area (TPSA) is 62.0 Å². The van der Waals surface area contributed by atoms with E-state index in [1.165, 1.54) is 0 Å². The highest BCUT2D eigenvalue weighted by Crippen LogP contribution is 2.16. The van der Waals surface area contributed by atoms with Crippen LogP contribution >= 0.6 is 0 Å². The molecule has 0 saturated heterocycles. The van der Waals surface area contributed by atoms with Gasteiger partial charge in [0.1, 0.15) is 0 Å². The fourth-order valence-corrected chi connectivity index (χ4v) is 1.45. The smallest absolute Gasteiger partial charge is 0.0831 e. The zero-order chi connectivity index (χ0) is 9.26. The molecule has 0 aliphatic heterocycles. The number of nitrogens with two attached hydrogens (primary N) is 1. The van der Waals surface area contributed by atoms with Gasteiger partial charge >= 0.3 is 0 Å². The lowest BCUT2D eigenvalue weighted by Gasteiger charge is -1.94. The largest absolute Gasteiger partial charge is 0.390 e. The molecule has 0 amide bonds. The van der Waals surface area contributed by atoms with Crippen LogP contribution in [0.25, 0.3) is 10.9 Å². The Morgan fingerprint density at radius 2 is 2.15 bits per heavy atom. The van der Waals surface area contributed by atoms with Gasteiger partial charge in [-0.2, -0.15) is 0 Å². The summed E-state index contributed by atoms with van der Waals surface area (Å²) in [6.45, 7) is 0.599. The molecule has 0 radical (unpaired) electrons. The quantitative estimate of drug-likeness (QED) is 0.642. The predicted molar refractivity (Wildman–Crippen MR) is 52.1 cm³/mol. The Balaban J connectivity index is 2.57. The van der Waals surface area contributed by atoms with E-state index < -0.39 is 0 Å². The first kappa shape index (κ1) is 8.29. The summed E-state index contributed by atoms with van der Waals surface area (Å²) in [6.07, 6.45) is 0. The van der Waals surface area contributed by atoms with Gasteiger partial charge in [-0.3, -0.25) is 0 Å². The Morgan fingerprint density at radius 1 is 1.31 bits per heavy atom. The molecule has 1 aromatic carbocycles. The first-order valence-corrected chi connectivity index (χ1v) is 4.25. The maximum Gasteiger partial charge on any atom is 0.0831 e. The van der Waals surface area contributed by atoms with Gasteiger partial charge in [-0.05, 0) is 23.8 Å². The van der Waals surface area contributed by atoms with Crippen molar-refractivity contribution in [3.8, 4) is 0 Å². The molecule has 0 atom stereocenters. The van der Waals surface area contributed by atoms with Crippen molar-refractivity contribution in [3.05, 3.63) is 35.5 Å². The summed E-state index contributed by atoms with van der Waals surface area (Å²) in [5.74, 6) is 0. The highest BCUT2D eigenvalue weighted by atomic mass is 16.3. The minimum absolute atomic E-state index is 0.0483. The van der Waals surface area contributed by atoms with Gasteiger partial charge in [0.05, 0.1) is 6.61 Å². The molecule has 0 bridgehead atoms. The standard InChI is InChI=1S/C10H12N2O/c11-5-7-1-2-10-8(3-7)4-9(6-13)12-10/h1-4,12-13H,5-6,11H2. The maximum atomic E-state index is 8.91. The number of aromatic amines is 1. The summed E-state index contributed by atoms with van der Waals surface area (Å²) in [5, 5.41) is 10.0. The lowest BCUT2D eigenvalue weighted by atomic mass is 10.1. The van der Waals surface area contributed by atoms with E-state index in [1.807, 2.05) is 24.3 Å². The maximum absolute atomic E-state index is 8.91. The molecule has 2 aromatic rings. The Kier molecular flexibility index (Phi) is 2.04. The third kappa shape index (κ3) is 1.43. The zero-order valence-electron chi connectivity index (χ0n) is 7.25. The minimum atomic E-state index is 0.0483. The number of nitrogens with one attached hydrogen (secondary N) is 1. The SMILES string of the molecule is NCc1ccc2[nH]c(CO)cc2c1. The van der Waals surface area contributed by atoms with Crippen LogP contribution in [0.4, 0.5) is 0 Å². The van der Waals surface area contributed by atoms with Crippen LogP contribution in [0.1, 0.15) is 11.3 Å². The van der Waals surface area contributed by atoms with Gasteiger partial charge in [0.25, 0.3) is 0 Å². The van der Waals surface area contributed by atoms with Gasteiger partial charge < -0.3 is 15.8 Å². The summed E-state index contributed by atoms with van der Waals surface area (Å²) < 4.78 is 0. The number of benzene rings is 1. The predicted octanol–water partition coefficient (Wildman–Crippen LogP) is 1.12. The van der Waals surface area contributed by atoms with E-state index in [0.717, 1.165) is 22.2 Å². The molecule has 0 saturated carbocycles. The lowest BCUT2D eigenvalue weighted by Crippen LogP contribution is -1.94. The lowest BCUT2D eigenvalue weighted by molar-refractivity contribution is 0.278. The molecule has 1 heterocycles. The highest BCUT2D eigenvalue weighted by molar-refractivity contribution is 5.81. The number of aliphatic hydroxyl groups excluding tert-OH is 1. The highest BCUT2D eigenvalue weighted by Gasteiger charge is 1.99. The molecule has 13 heavy (non-hydrogen) atoms. The van der Waals surface area contributed by atoms with Crippen LogP contribution in [0.5, 0.6) is 0 Å². The average Bonchev–Trinajstić information content (AvgIpc) is 2.58. The van der Waals surface area contributed by atoms with Gasteiger partial charge in [0.2, 0.25) is 0 Å². The molecule has 0 aliphatic carbocycles. The minimum Gasteiger partial charge on any atom is -0.390 e. The number of aromatic nitrogens is 1. The monoisotopic (exact) mass is 176 g/mol. The van der Waals surface area contributed by atoms with Crippen LogP contribution in [0.2, 0.25) is 0 Å². The summed E-state index contributed by atoms with van der Waals surface area (Å²) in [5.41, 5.74) is 8.51. The van der Waals surface area contributed by atoms with Crippen LogP contribution in [0.3, 0.4) is 0 Å². The number of fused-ring (bicyclic) bond motifs is 1. The number of hydrogen-bond donors (Lipinski definition) is 3. The van der Waals surface area contributed by atoms with Crippen molar-refractivity contribution in [1.82, 2.24) is 4.98 Å². The number of H-pyrrole nitrogens is 1. The van der Waals surface area contributed by atoms with Crippen molar-refractivity contribution in [1.29, 1.82) is 0 Å². The Morgan fingerprint density at radius 3 is 2.85 bits per heavy atom. The fourth-order valence-electron chi connectivity index (χ4n) is 1.45. The molecule has 0 unspecified atom stereocenters. The first-order valence-electron chi connectivity index (χ1n) is 4.25. The molecule has 1 aromatic heterocycles. The second kappa shape index (κ2) is 3.20. The van der Waals surface area contributed by atoms with E-state index in [1.54, 1.807) is 0 Å². The van der Waals surface area contributed by atoms with Gasteiger partial charge in [0.15, 0.2) is 0 Å². The van der Waals surface area contributed by atoms with Crippen LogP contribution in [-0.4, -0.2) is 10.1 Å². The molecular weight excluding hydrogens is 164 g/mol. The van der Waals surface area contributed by atoms with Crippen molar-refractivity contribution >= 4 is 10.9 Å². The molecule has 3 nitrogen and oxygen atoms in total. The normalized spacial score (nSPS) is 10.9. The van der Waals surface area contributed by atoms with Crippen molar-refractivity contribution < 1.29 is 5.11 Å². The molecule has 0 aliphatic rings. The van der Waals surface area contributed by atoms with Crippen LogP contribution in [0.15, 0.2) is 24.3 Å². The summed E-state index contributed by atoms with van der Waals surface area (Å²) in [7, 11) is 0. The van der Waals surface area contributed by atoms with Crippen LogP contribution < -0.4 is 5.73 Å². The summed E-state index contributed by atoms with van der Waals surface area (Å²) in [6, 6.07) is 7.94. The van der Waals surface area contributed by atoms with Crippen molar-refractivity contribution in [2.75, 3.05) is 0 Å². The van der Waals surface area contributed by atoms with E-state index in [2.05, 4.69) is 4.98 Å². The molecule has 2 rings (SSSR count). The fraction of sp³-hybridized carbons (Fsp3) is 0.200. The van der Waals surface area contributed by atoms with Gasteiger partial charge in [-0.15, -0.1) is 0 Å². The number of aliphatic hydroxyl groups is 1. The molecule has 3 heteroatoms. The van der Waals surface area contributed by atoms with Crippen molar-refractivity contribution in [3.63, 3.8) is 0 Å². The van der Waals surface area contributed by atoms with Crippen LogP contribution in [-0.2, 0) is 13.2 Å². The molecule has 68 valence electrons. The molecule has 4 N–H and O–H groups in total. The van der Waals surface area contributed by atoms with E-state index >= 15 is 0 Å². The molecular formula is C10H12N2O.